The molecule has 1 aromatic carbocycles. The molecule has 4 heteroatoms. The second kappa shape index (κ2) is 5.96. The summed E-state index contributed by atoms with van der Waals surface area (Å²) < 4.78 is 5.41. The van der Waals surface area contributed by atoms with E-state index < -0.39 is 0 Å². The zero-order valence-corrected chi connectivity index (χ0v) is 12.8. The first-order valence-electron chi connectivity index (χ1n) is 7.42. The van der Waals surface area contributed by atoms with Crippen LogP contribution in [0.15, 0.2) is 29.2 Å². The van der Waals surface area contributed by atoms with Gasteiger partial charge in [0.15, 0.2) is 0 Å². The molecule has 0 saturated heterocycles. The van der Waals surface area contributed by atoms with Crippen LogP contribution >= 0.6 is 11.8 Å². The lowest BCUT2D eigenvalue weighted by Crippen LogP contribution is -2.53. The van der Waals surface area contributed by atoms with E-state index in [4.69, 9.17) is 4.74 Å². The molecule has 110 valence electrons. The van der Waals surface area contributed by atoms with Gasteiger partial charge in [-0.3, -0.25) is 0 Å². The summed E-state index contributed by atoms with van der Waals surface area (Å²) in [4.78, 5) is 1.16. The van der Waals surface area contributed by atoms with E-state index in [0.29, 0.717) is 12.0 Å². The smallest absolute Gasteiger partial charge is 0.132 e. The van der Waals surface area contributed by atoms with Gasteiger partial charge in [0.05, 0.1) is 19.3 Å². The van der Waals surface area contributed by atoms with Gasteiger partial charge in [-0.05, 0) is 43.7 Å². The van der Waals surface area contributed by atoms with Crippen molar-refractivity contribution >= 4 is 11.8 Å². The molecule has 2 fully saturated rings. The average molecular weight is 293 g/mol. The summed E-state index contributed by atoms with van der Waals surface area (Å²) in [6, 6.07) is 8.74. The van der Waals surface area contributed by atoms with Gasteiger partial charge in [-0.2, -0.15) is 0 Å². The third-order valence-corrected chi connectivity index (χ3v) is 5.57. The molecule has 20 heavy (non-hydrogen) atoms. The Hall–Kier alpha value is -0.710. The second-order valence-electron chi connectivity index (χ2n) is 5.95. The van der Waals surface area contributed by atoms with Crippen LogP contribution in [-0.4, -0.2) is 36.2 Å². The van der Waals surface area contributed by atoms with Gasteiger partial charge in [-0.1, -0.05) is 12.1 Å². The lowest BCUT2D eigenvalue weighted by molar-refractivity contribution is 0.157. The summed E-state index contributed by atoms with van der Waals surface area (Å²) in [6.45, 7) is 0.232. The number of nitrogens with one attached hydrogen (secondary N) is 1. The third-order valence-electron chi connectivity index (χ3n) is 4.26. The third kappa shape index (κ3) is 3.13. The normalized spacial score (nSPS) is 21.5. The molecule has 2 N–H and O–H groups in total. The molecule has 0 aromatic heterocycles. The van der Waals surface area contributed by atoms with E-state index in [2.05, 4.69) is 11.4 Å². The maximum atomic E-state index is 9.96. The van der Waals surface area contributed by atoms with Crippen LogP contribution in [0.5, 0.6) is 5.75 Å². The molecule has 2 aliphatic rings. The van der Waals surface area contributed by atoms with Crippen molar-refractivity contribution in [2.24, 2.45) is 5.92 Å². The van der Waals surface area contributed by atoms with Crippen molar-refractivity contribution in [3.05, 3.63) is 24.3 Å². The number of thioether (sulfide) groups is 1. The van der Waals surface area contributed by atoms with E-state index in [0.717, 1.165) is 16.4 Å². The predicted octanol–water partition coefficient (Wildman–Crippen LogP) is 2.68. The first-order valence-corrected chi connectivity index (χ1v) is 8.40. The van der Waals surface area contributed by atoms with Crippen molar-refractivity contribution in [1.29, 1.82) is 0 Å². The van der Waals surface area contributed by atoms with Crippen LogP contribution in [-0.2, 0) is 0 Å². The number of methoxy groups -OCH3 is 1. The van der Waals surface area contributed by atoms with Crippen molar-refractivity contribution < 1.29 is 9.84 Å². The highest BCUT2D eigenvalue weighted by Gasteiger charge is 2.47. The van der Waals surface area contributed by atoms with Crippen LogP contribution in [0, 0.1) is 5.92 Å². The monoisotopic (exact) mass is 293 g/mol. The topological polar surface area (TPSA) is 41.5 Å². The highest BCUT2D eigenvalue weighted by molar-refractivity contribution is 7.99. The van der Waals surface area contributed by atoms with E-state index in [1.807, 2.05) is 18.2 Å². The van der Waals surface area contributed by atoms with Gasteiger partial charge in [0, 0.05) is 16.7 Å². The summed E-state index contributed by atoms with van der Waals surface area (Å²) in [5.41, 5.74) is -0.104. The van der Waals surface area contributed by atoms with Gasteiger partial charge < -0.3 is 15.2 Å². The van der Waals surface area contributed by atoms with Crippen LogP contribution in [0.3, 0.4) is 0 Å². The van der Waals surface area contributed by atoms with Crippen LogP contribution < -0.4 is 10.1 Å². The van der Waals surface area contributed by atoms with E-state index in [1.54, 1.807) is 18.9 Å². The minimum absolute atomic E-state index is 0.104. The molecule has 0 amide bonds. The number of hydrogen-bond acceptors (Lipinski definition) is 4. The van der Waals surface area contributed by atoms with Crippen LogP contribution in [0.4, 0.5) is 0 Å². The largest absolute Gasteiger partial charge is 0.496 e. The molecule has 2 aliphatic carbocycles. The first kappa shape index (κ1) is 14.2. The molecule has 1 aromatic rings. The predicted molar refractivity (Wildman–Crippen MR) is 82.4 cm³/mol. The maximum Gasteiger partial charge on any atom is 0.132 e. The number of aliphatic hydroxyl groups excluding tert-OH is 1. The van der Waals surface area contributed by atoms with Crippen molar-refractivity contribution in [3.8, 4) is 5.75 Å². The number of aliphatic hydroxyl groups is 1. The standard InChI is InChI=1S/C16H23NO2S/c1-19-14-4-2-3-5-15(14)20-11-16(10-18,12-6-7-12)17-13-8-9-13/h2-5,12-13,17-18H,6-11H2,1H3. The molecule has 1 unspecified atom stereocenters. The average Bonchev–Trinajstić information content (AvgIpc) is 3.37. The Kier molecular flexibility index (Phi) is 4.24. The number of ether oxygens (including phenoxy) is 1. The fraction of sp³-hybridized carbons (Fsp3) is 0.625. The molecule has 2 saturated carbocycles. The van der Waals surface area contributed by atoms with Gasteiger partial charge in [-0.25, -0.2) is 0 Å². The minimum Gasteiger partial charge on any atom is -0.496 e. The Bertz CT molecular complexity index is 460. The van der Waals surface area contributed by atoms with Gasteiger partial charge in [-0.15, -0.1) is 11.8 Å². The molecular formula is C16H23NO2S. The summed E-state index contributed by atoms with van der Waals surface area (Å²) in [7, 11) is 1.71. The molecule has 1 atom stereocenters. The lowest BCUT2D eigenvalue weighted by Gasteiger charge is -2.33. The van der Waals surface area contributed by atoms with E-state index >= 15 is 0 Å². The fourth-order valence-electron chi connectivity index (χ4n) is 2.71. The number of para-hydroxylation sites is 1. The highest BCUT2D eigenvalue weighted by atomic mass is 32.2. The van der Waals surface area contributed by atoms with Gasteiger partial charge >= 0.3 is 0 Å². The van der Waals surface area contributed by atoms with Crippen LogP contribution in [0.25, 0.3) is 0 Å². The second-order valence-corrected chi connectivity index (χ2v) is 6.96. The summed E-state index contributed by atoms with van der Waals surface area (Å²) in [5.74, 6) is 2.47. The van der Waals surface area contributed by atoms with Crippen molar-refractivity contribution in [2.75, 3.05) is 19.5 Å². The molecular weight excluding hydrogens is 270 g/mol. The van der Waals surface area contributed by atoms with Crippen LogP contribution in [0.1, 0.15) is 25.7 Å². The van der Waals surface area contributed by atoms with Crippen molar-refractivity contribution in [3.63, 3.8) is 0 Å². The fourth-order valence-corrected chi connectivity index (χ4v) is 4.00. The Morgan fingerprint density at radius 1 is 1.30 bits per heavy atom. The number of rotatable bonds is 8. The SMILES string of the molecule is COc1ccccc1SCC(CO)(NC1CC1)C1CC1. The summed E-state index contributed by atoms with van der Waals surface area (Å²) >= 11 is 1.79. The van der Waals surface area contributed by atoms with Crippen LogP contribution in [0.2, 0.25) is 0 Å². The van der Waals surface area contributed by atoms with Gasteiger partial charge in [0.1, 0.15) is 5.75 Å². The van der Waals surface area contributed by atoms with Gasteiger partial charge in [0.2, 0.25) is 0 Å². The highest BCUT2D eigenvalue weighted by Crippen LogP contribution is 2.44. The molecule has 0 spiro atoms. The molecule has 0 bridgehead atoms. The molecule has 0 heterocycles. The summed E-state index contributed by atoms with van der Waals surface area (Å²) in [6.07, 6.45) is 5.00. The quantitative estimate of drug-likeness (QED) is 0.723. The van der Waals surface area contributed by atoms with E-state index in [9.17, 15) is 5.11 Å². The molecule has 3 rings (SSSR count). The molecule has 0 aliphatic heterocycles. The van der Waals surface area contributed by atoms with Crippen molar-refractivity contribution in [2.45, 2.75) is 42.2 Å². The Morgan fingerprint density at radius 2 is 2.05 bits per heavy atom. The summed E-state index contributed by atoms with van der Waals surface area (Å²) in [5, 5.41) is 13.7. The zero-order valence-electron chi connectivity index (χ0n) is 12.0. The van der Waals surface area contributed by atoms with Crippen molar-refractivity contribution in [1.82, 2.24) is 5.32 Å². The zero-order chi connectivity index (χ0) is 14.0. The Labute approximate surface area is 125 Å². The first-order chi connectivity index (χ1) is 9.77. The van der Waals surface area contributed by atoms with E-state index in [1.165, 1.54) is 25.7 Å². The molecule has 3 nitrogen and oxygen atoms in total. The van der Waals surface area contributed by atoms with Gasteiger partial charge in [0.25, 0.3) is 0 Å². The number of benzene rings is 1. The Morgan fingerprint density at radius 3 is 2.65 bits per heavy atom. The number of hydrogen-bond donors (Lipinski definition) is 2. The lowest BCUT2D eigenvalue weighted by atomic mass is 9.96. The van der Waals surface area contributed by atoms with E-state index in [-0.39, 0.29) is 12.1 Å². The Balaban J connectivity index is 1.69. The maximum absolute atomic E-state index is 9.96. The minimum atomic E-state index is -0.104. The molecule has 0 radical (unpaired) electrons.